The predicted octanol–water partition coefficient (Wildman–Crippen LogP) is 1.00. The molecule has 104 valence electrons. The van der Waals surface area contributed by atoms with Crippen molar-refractivity contribution >= 4 is 29.1 Å². The molecule has 0 saturated carbocycles. The lowest BCUT2D eigenvalue weighted by molar-refractivity contribution is -0.383. The first-order valence-electron chi connectivity index (χ1n) is 5.90. The minimum Gasteiger partial charge on any atom is -0.346 e. The smallest absolute Gasteiger partial charge is 0.346 e. The van der Waals surface area contributed by atoms with Crippen LogP contribution in [0, 0.1) is 10.1 Å². The zero-order valence-electron chi connectivity index (χ0n) is 10.7. The molecule has 1 aromatic rings. The van der Waals surface area contributed by atoms with E-state index in [0.717, 1.165) is 12.3 Å². The summed E-state index contributed by atoms with van der Waals surface area (Å²) in [6.07, 6.45) is 1.29. The Labute approximate surface area is 114 Å². The summed E-state index contributed by atoms with van der Waals surface area (Å²) in [6.45, 7) is 4.87. The lowest BCUT2D eigenvalue weighted by Gasteiger charge is -2.37. The van der Waals surface area contributed by atoms with Crippen LogP contribution in [0.25, 0.3) is 0 Å². The van der Waals surface area contributed by atoms with E-state index in [2.05, 4.69) is 22.3 Å². The van der Waals surface area contributed by atoms with E-state index >= 15 is 0 Å². The molecule has 2 heterocycles. The van der Waals surface area contributed by atoms with E-state index in [-0.39, 0.29) is 17.5 Å². The summed E-state index contributed by atoms with van der Waals surface area (Å²) in [4.78, 5) is 20.6. The van der Waals surface area contributed by atoms with Crippen molar-refractivity contribution in [3.05, 3.63) is 16.4 Å². The fraction of sp³-hybridized carbons (Fsp3) is 0.600. The molecule has 19 heavy (non-hydrogen) atoms. The van der Waals surface area contributed by atoms with Crippen LogP contribution in [0.15, 0.2) is 6.33 Å². The molecular formula is C10H16N6O2S. The molecule has 2 atom stereocenters. The van der Waals surface area contributed by atoms with Crippen molar-refractivity contribution in [3.63, 3.8) is 0 Å². The van der Waals surface area contributed by atoms with Gasteiger partial charge < -0.3 is 10.3 Å². The fourth-order valence-corrected chi connectivity index (χ4v) is 3.18. The summed E-state index contributed by atoms with van der Waals surface area (Å²) in [6, 6.07) is 0.165. The lowest BCUT2D eigenvalue weighted by atomic mass is 10.2. The van der Waals surface area contributed by atoms with Gasteiger partial charge in [-0.25, -0.2) is 15.8 Å². The highest BCUT2D eigenvalue weighted by Crippen LogP contribution is 2.36. The second-order valence-electron chi connectivity index (χ2n) is 4.31. The number of nitrogens with one attached hydrogen (secondary N) is 1. The van der Waals surface area contributed by atoms with Crippen molar-refractivity contribution in [3.8, 4) is 0 Å². The molecule has 3 N–H and O–H groups in total. The maximum absolute atomic E-state index is 11.2. The second kappa shape index (κ2) is 5.57. The number of anilines is 2. The topological polar surface area (TPSA) is 110 Å². The summed E-state index contributed by atoms with van der Waals surface area (Å²) >= 11 is 1.85. The normalized spacial score (nSPS) is 23.2. The van der Waals surface area contributed by atoms with Gasteiger partial charge in [0.05, 0.1) is 4.92 Å². The number of hydrogen-bond acceptors (Lipinski definition) is 8. The van der Waals surface area contributed by atoms with Gasteiger partial charge in [0.1, 0.15) is 6.33 Å². The molecule has 8 nitrogen and oxygen atoms in total. The molecule has 1 aromatic heterocycles. The molecule has 1 fully saturated rings. The van der Waals surface area contributed by atoms with E-state index in [4.69, 9.17) is 5.84 Å². The van der Waals surface area contributed by atoms with Crippen LogP contribution in [-0.2, 0) is 0 Å². The van der Waals surface area contributed by atoms with Crippen molar-refractivity contribution in [1.82, 2.24) is 9.97 Å². The Morgan fingerprint density at radius 3 is 2.95 bits per heavy atom. The van der Waals surface area contributed by atoms with Crippen LogP contribution in [0.2, 0.25) is 0 Å². The monoisotopic (exact) mass is 284 g/mol. The number of rotatable bonds is 3. The summed E-state index contributed by atoms with van der Waals surface area (Å²) in [5, 5.41) is 11.6. The highest BCUT2D eigenvalue weighted by molar-refractivity contribution is 8.00. The van der Waals surface area contributed by atoms with Gasteiger partial charge in [-0.2, -0.15) is 11.8 Å². The lowest BCUT2D eigenvalue weighted by Crippen LogP contribution is -2.45. The number of nitrogen functional groups attached to an aromatic ring is 1. The average Bonchev–Trinajstić information content (AvgIpc) is 2.40. The molecule has 0 radical (unpaired) electrons. The van der Waals surface area contributed by atoms with E-state index in [1.165, 1.54) is 6.33 Å². The molecule has 1 aliphatic heterocycles. The molecule has 0 aliphatic carbocycles. The van der Waals surface area contributed by atoms with E-state index in [9.17, 15) is 10.1 Å². The molecule has 0 spiro atoms. The zero-order chi connectivity index (χ0) is 14.0. The van der Waals surface area contributed by atoms with Gasteiger partial charge in [0.2, 0.25) is 11.6 Å². The van der Waals surface area contributed by atoms with E-state index in [1.807, 2.05) is 23.6 Å². The molecule has 2 rings (SSSR count). The first-order valence-corrected chi connectivity index (χ1v) is 6.95. The molecule has 1 saturated heterocycles. The Morgan fingerprint density at radius 1 is 1.58 bits per heavy atom. The maximum Gasteiger partial charge on any atom is 0.354 e. The number of aromatic nitrogens is 2. The predicted molar refractivity (Wildman–Crippen MR) is 75.2 cm³/mol. The van der Waals surface area contributed by atoms with E-state index in [1.54, 1.807) is 0 Å². The van der Waals surface area contributed by atoms with Crippen LogP contribution >= 0.6 is 11.8 Å². The Balaban J connectivity index is 2.46. The quantitative estimate of drug-likeness (QED) is 0.480. The first kappa shape index (κ1) is 13.8. The molecule has 1 aliphatic rings. The first-order chi connectivity index (χ1) is 9.06. The van der Waals surface area contributed by atoms with Gasteiger partial charge in [0.25, 0.3) is 0 Å². The molecular weight excluding hydrogens is 268 g/mol. The minimum absolute atomic E-state index is 0.0353. The van der Waals surface area contributed by atoms with Gasteiger partial charge in [0.15, 0.2) is 0 Å². The van der Waals surface area contributed by atoms with Crippen molar-refractivity contribution in [1.29, 1.82) is 0 Å². The zero-order valence-corrected chi connectivity index (χ0v) is 11.6. The third-order valence-electron chi connectivity index (χ3n) is 3.28. The standard InChI is InChI=1S/C10H16N6O2S/c1-6-7(2)19-4-3-15(6)10-8(16(17)18)9(14-11)12-5-13-10/h5-7H,3-4,11H2,1-2H3,(H,12,13,14). The third-order valence-corrected chi connectivity index (χ3v) is 4.62. The molecule has 0 bridgehead atoms. The van der Waals surface area contributed by atoms with Crippen LogP contribution in [0.3, 0.4) is 0 Å². The number of hydrazine groups is 1. The van der Waals surface area contributed by atoms with Crippen molar-refractivity contribution < 1.29 is 4.92 Å². The third kappa shape index (κ3) is 2.56. The Kier molecular flexibility index (Phi) is 4.05. The molecule has 9 heteroatoms. The van der Waals surface area contributed by atoms with Crippen LogP contribution < -0.4 is 16.2 Å². The molecule has 0 aromatic carbocycles. The van der Waals surface area contributed by atoms with Gasteiger partial charge in [0, 0.05) is 23.6 Å². The number of nitro groups is 1. The van der Waals surface area contributed by atoms with Gasteiger partial charge in [-0.1, -0.05) is 6.92 Å². The van der Waals surface area contributed by atoms with Gasteiger partial charge in [-0.05, 0) is 6.92 Å². The highest BCUT2D eigenvalue weighted by Gasteiger charge is 2.33. The Hall–Kier alpha value is -1.61. The molecule has 0 amide bonds. The number of nitrogens with zero attached hydrogens (tertiary/aromatic N) is 4. The summed E-state index contributed by atoms with van der Waals surface area (Å²) in [5.74, 6) is 6.56. The van der Waals surface area contributed by atoms with Crippen molar-refractivity contribution in [2.75, 3.05) is 22.6 Å². The minimum atomic E-state index is -0.496. The number of hydrogen-bond donors (Lipinski definition) is 2. The summed E-state index contributed by atoms with van der Waals surface area (Å²) < 4.78 is 0. The van der Waals surface area contributed by atoms with Crippen LogP contribution in [0.4, 0.5) is 17.3 Å². The van der Waals surface area contributed by atoms with Crippen LogP contribution in [0.1, 0.15) is 13.8 Å². The van der Waals surface area contributed by atoms with E-state index < -0.39 is 4.92 Å². The average molecular weight is 284 g/mol. The fourth-order valence-electron chi connectivity index (χ4n) is 2.09. The summed E-state index contributed by atoms with van der Waals surface area (Å²) in [5.41, 5.74) is 2.09. The van der Waals surface area contributed by atoms with Crippen molar-refractivity contribution in [2.45, 2.75) is 25.1 Å². The SMILES string of the molecule is CC1SCCN(c2ncnc(NN)c2[N+](=O)[O-])C1C. The summed E-state index contributed by atoms with van der Waals surface area (Å²) in [7, 11) is 0. The number of nitrogens with two attached hydrogens (primary N) is 1. The molecule has 2 unspecified atom stereocenters. The highest BCUT2D eigenvalue weighted by atomic mass is 32.2. The van der Waals surface area contributed by atoms with Gasteiger partial charge in [-0.3, -0.25) is 10.1 Å². The number of thioether (sulfide) groups is 1. The van der Waals surface area contributed by atoms with E-state index in [0.29, 0.717) is 11.1 Å². The second-order valence-corrected chi connectivity index (χ2v) is 5.79. The van der Waals surface area contributed by atoms with Gasteiger partial charge >= 0.3 is 5.69 Å². The maximum atomic E-state index is 11.2. The van der Waals surface area contributed by atoms with Gasteiger partial charge in [-0.15, -0.1) is 0 Å². The Bertz CT molecular complexity index is 485. The van der Waals surface area contributed by atoms with Crippen molar-refractivity contribution in [2.24, 2.45) is 5.84 Å². The van der Waals surface area contributed by atoms with Crippen LogP contribution in [-0.4, -0.2) is 38.5 Å². The largest absolute Gasteiger partial charge is 0.354 e. The van der Waals surface area contributed by atoms with Crippen LogP contribution in [0.5, 0.6) is 0 Å². The Morgan fingerprint density at radius 2 is 2.32 bits per heavy atom.